The van der Waals surface area contributed by atoms with Crippen LogP contribution in [0.4, 0.5) is 10.2 Å². The highest BCUT2D eigenvalue weighted by molar-refractivity contribution is 7.19. The molecule has 0 amide bonds. The van der Waals surface area contributed by atoms with E-state index in [4.69, 9.17) is 17.3 Å². The number of thiophene rings is 2. The number of halogens is 4. The van der Waals surface area contributed by atoms with Crippen molar-refractivity contribution in [3.8, 4) is 0 Å². The van der Waals surface area contributed by atoms with E-state index in [1.54, 1.807) is 17.4 Å². The second kappa shape index (κ2) is 9.30. The van der Waals surface area contributed by atoms with Gasteiger partial charge in [-0.15, -0.1) is 47.5 Å². The molecule has 1 atom stereocenters. The maximum Gasteiger partial charge on any atom is 0.224 e. The zero-order valence-corrected chi connectivity index (χ0v) is 17.5. The summed E-state index contributed by atoms with van der Waals surface area (Å²) in [5.74, 6) is 0.679. The normalized spacial score (nSPS) is 11.7. The van der Waals surface area contributed by atoms with E-state index >= 15 is 0 Å². The maximum absolute atomic E-state index is 13.1. The zero-order chi connectivity index (χ0) is 16.6. The number of nitrogens with zero attached hydrogens (tertiary/aromatic N) is 2. The van der Waals surface area contributed by atoms with E-state index in [-0.39, 0.29) is 41.3 Å². The van der Waals surface area contributed by atoms with Crippen molar-refractivity contribution in [1.82, 2.24) is 9.97 Å². The number of nitrogens with two attached hydrogens (primary N) is 1. The molecule has 0 aliphatic carbocycles. The molecule has 0 aliphatic heterocycles. The lowest BCUT2D eigenvalue weighted by atomic mass is 10.1. The third-order valence-electron chi connectivity index (χ3n) is 3.40. The lowest BCUT2D eigenvalue weighted by Crippen LogP contribution is -2.17. The summed E-state index contributed by atoms with van der Waals surface area (Å²) in [5, 5.41) is 3.24. The summed E-state index contributed by atoms with van der Waals surface area (Å²) in [6.45, 7) is 4.50. The van der Waals surface area contributed by atoms with Crippen molar-refractivity contribution >= 4 is 75.1 Å². The summed E-state index contributed by atoms with van der Waals surface area (Å²) >= 11 is 8.80. The van der Waals surface area contributed by atoms with Gasteiger partial charge in [-0.3, -0.25) is 0 Å². The van der Waals surface area contributed by atoms with Crippen LogP contribution >= 0.6 is 59.1 Å². The van der Waals surface area contributed by atoms with E-state index in [2.05, 4.69) is 15.3 Å². The van der Waals surface area contributed by atoms with Crippen molar-refractivity contribution < 1.29 is 4.39 Å². The van der Waals surface area contributed by atoms with Crippen molar-refractivity contribution in [3.05, 3.63) is 37.9 Å². The molecule has 3 N–H and O–H groups in total. The Morgan fingerprint density at radius 1 is 1.28 bits per heavy atom. The summed E-state index contributed by atoms with van der Waals surface area (Å²) < 4.78 is 14.0. The van der Waals surface area contributed by atoms with Gasteiger partial charge in [-0.05, 0) is 49.6 Å². The summed E-state index contributed by atoms with van der Waals surface area (Å²) in [7, 11) is 0. The van der Waals surface area contributed by atoms with Gasteiger partial charge in [0, 0.05) is 15.8 Å². The maximum atomic E-state index is 13.1. The zero-order valence-electron chi connectivity index (χ0n) is 13.5. The van der Waals surface area contributed by atoms with Crippen LogP contribution < -0.4 is 11.1 Å². The minimum atomic E-state index is -0.196. The molecule has 0 unspecified atom stereocenters. The van der Waals surface area contributed by atoms with E-state index in [1.807, 2.05) is 13.8 Å². The van der Waals surface area contributed by atoms with Crippen molar-refractivity contribution in [2.45, 2.75) is 32.9 Å². The van der Waals surface area contributed by atoms with Crippen LogP contribution in [0, 0.1) is 12.1 Å². The second-order valence-electron chi connectivity index (χ2n) is 5.41. The topological polar surface area (TPSA) is 63.8 Å². The Morgan fingerprint density at radius 3 is 2.60 bits per heavy atom. The fraction of sp³-hybridized carbons (Fsp3) is 0.333. The van der Waals surface area contributed by atoms with Crippen molar-refractivity contribution in [1.29, 1.82) is 0 Å². The molecule has 3 heterocycles. The van der Waals surface area contributed by atoms with Gasteiger partial charge in [-0.25, -0.2) is 4.98 Å². The van der Waals surface area contributed by atoms with Gasteiger partial charge in [0.1, 0.15) is 5.82 Å². The van der Waals surface area contributed by atoms with Crippen LogP contribution in [-0.2, 0) is 13.0 Å². The summed E-state index contributed by atoms with van der Waals surface area (Å²) in [5.41, 5.74) is 7.86. The molecular formula is C15H18Cl3FN4S2. The smallest absolute Gasteiger partial charge is 0.224 e. The first-order chi connectivity index (χ1) is 10.9. The molecule has 10 heteroatoms. The van der Waals surface area contributed by atoms with E-state index in [0.29, 0.717) is 12.4 Å². The number of rotatable bonds is 5. The molecule has 0 saturated heterocycles. The average molecular weight is 444 g/mol. The van der Waals surface area contributed by atoms with Crippen LogP contribution in [0.25, 0.3) is 10.2 Å². The molecule has 0 saturated carbocycles. The van der Waals surface area contributed by atoms with Crippen molar-refractivity contribution in [2.75, 3.05) is 5.32 Å². The lowest BCUT2D eigenvalue weighted by molar-refractivity contribution is 0.657. The molecule has 0 radical (unpaired) electrons. The Balaban J connectivity index is 0.00000156. The molecule has 0 aliphatic rings. The Bertz CT molecular complexity index is 851. The Hall–Kier alpha value is -0.700. The van der Waals surface area contributed by atoms with Crippen molar-refractivity contribution in [3.63, 3.8) is 0 Å². The molecule has 0 fully saturated rings. The van der Waals surface area contributed by atoms with Crippen LogP contribution in [0.3, 0.4) is 0 Å². The number of fused-ring (bicyclic) bond motifs is 1. The van der Waals surface area contributed by atoms with Crippen LogP contribution in [0.1, 0.15) is 22.2 Å². The largest absolute Gasteiger partial charge is 0.364 e. The molecule has 3 aromatic heterocycles. The number of aromatic nitrogens is 2. The van der Waals surface area contributed by atoms with Gasteiger partial charge >= 0.3 is 0 Å². The Labute approximate surface area is 170 Å². The molecule has 138 valence electrons. The van der Waals surface area contributed by atoms with Gasteiger partial charge in [0.2, 0.25) is 5.28 Å². The third-order valence-corrected chi connectivity index (χ3v) is 5.76. The predicted molar refractivity (Wildman–Crippen MR) is 111 cm³/mol. The molecule has 4 nitrogen and oxygen atoms in total. The first-order valence-corrected chi connectivity index (χ1v) is 9.14. The number of hydrogen-bond acceptors (Lipinski definition) is 6. The number of nitrogens with one attached hydrogen (secondary N) is 1. The van der Waals surface area contributed by atoms with Crippen LogP contribution in [0.2, 0.25) is 5.28 Å². The summed E-state index contributed by atoms with van der Waals surface area (Å²) in [4.78, 5) is 10.7. The van der Waals surface area contributed by atoms with E-state index < -0.39 is 0 Å². The molecule has 0 bridgehead atoms. The van der Waals surface area contributed by atoms with Crippen molar-refractivity contribution in [2.24, 2.45) is 5.73 Å². The third kappa shape index (κ3) is 5.15. The highest BCUT2D eigenvalue weighted by Gasteiger charge is 2.16. The van der Waals surface area contributed by atoms with E-state index in [9.17, 15) is 4.39 Å². The van der Waals surface area contributed by atoms with Gasteiger partial charge in [0.25, 0.3) is 0 Å². The predicted octanol–water partition coefficient (Wildman–Crippen LogP) is 5.20. The molecule has 25 heavy (non-hydrogen) atoms. The standard InChI is InChI=1S/C15H16ClFN4S2.2ClH/c1-7(18)5-10-8(2)12-13(23-10)14(21-15(16)20-12)19-6-9-3-4-11(17)22-9;;/h3-4,7H,5-6,18H2,1-2H3,(H,19,20,21);2*1H/t7-;;/m0../s1. The average Bonchev–Trinajstić information content (AvgIpc) is 3.02. The number of hydrogen-bond donors (Lipinski definition) is 2. The summed E-state index contributed by atoms with van der Waals surface area (Å²) in [6.07, 6.45) is 0.792. The molecular weight excluding hydrogens is 426 g/mol. The molecule has 3 rings (SSSR count). The quantitative estimate of drug-likeness (QED) is 0.532. The molecule has 3 aromatic rings. The SMILES string of the molecule is Cc1c(C[C@H](C)N)sc2c(NCc3ccc(F)s3)nc(Cl)nc12.Cl.Cl. The Morgan fingerprint density at radius 2 is 2.00 bits per heavy atom. The first-order valence-electron chi connectivity index (χ1n) is 7.13. The van der Waals surface area contributed by atoms with Crippen LogP contribution in [0.15, 0.2) is 12.1 Å². The van der Waals surface area contributed by atoms with Crippen LogP contribution in [0.5, 0.6) is 0 Å². The van der Waals surface area contributed by atoms with Gasteiger partial charge in [0.15, 0.2) is 5.13 Å². The van der Waals surface area contributed by atoms with E-state index in [1.165, 1.54) is 10.9 Å². The van der Waals surface area contributed by atoms with Gasteiger partial charge in [0.05, 0.1) is 16.8 Å². The molecule has 0 spiro atoms. The highest BCUT2D eigenvalue weighted by Crippen LogP contribution is 2.35. The highest BCUT2D eigenvalue weighted by atomic mass is 35.5. The number of aryl methyl sites for hydroxylation is 1. The lowest BCUT2D eigenvalue weighted by Gasteiger charge is -2.05. The van der Waals surface area contributed by atoms with Gasteiger partial charge in [-0.1, -0.05) is 0 Å². The molecule has 0 aromatic carbocycles. The van der Waals surface area contributed by atoms with Gasteiger partial charge in [-0.2, -0.15) is 9.37 Å². The minimum Gasteiger partial charge on any atom is -0.364 e. The Kier molecular flexibility index (Phi) is 8.31. The minimum absolute atomic E-state index is 0. The fourth-order valence-corrected chi connectivity index (χ4v) is 4.52. The van der Waals surface area contributed by atoms with E-state index in [0.717, 1.165) is 38.4 Å². The second-order valence-corrected chi connectivity index (χ2v) is 7.97. The number of anilines is 1. The monoisotopic (exact) mass is 442 g/mol. The summed E-state index contributed by atoms with van der Waals surface area (Å²) in [6, 6.07) is 3.30. The fourth-order valence-electron chi connectivity index (χ4n) is 2.33. The first kappa shape index (κ1) is 22.3. The van der Waals surface area contributed by atoms with Gasteiger partial charge < -0.3 is 11.1 Å². The van der Waals surface area contributed by atoms with Crippen LogP contribution in [-0.4, -0.2) is 16.0 Å².